The number of piperazine rings is 1. The van der Waals surface area contributed by atoms with E-state index in [2.05, 4.69) is 50.2 Å². The molecule has 8 heteroatoms. The third-order valence-electron chi connectivity index (χ3n) is 6.06. The number of nitrogens with one attached hydrogen (secondary N) is 2. The molecule has 1 amide bonds. The Balaban J connectivity index is 1.17. The highest BCUT2D eigenvalue weighted by atomic mass is 32.2. The first-order valence-corrected chi connectivity index (χ1v) is 13.4. The molecule has 0 atom stereocenters. The minimum absolute atomic E-state index is 0.0391. The van der Waals surface area contributed by atoms with Crippen LogP contribution in [0.5, 0.6) is 0 Å². The van der Waals surface area contributed by atoms with Crippen LogP contribution in [0.25, 0.3) is 0 Å². The van der Waals surface area contributed by atoms with Crippen LogP contribution in [0.15, 0.2) is 89.8 Å². The molecule has 1 saturated heterocycles. The normalized spacial score (nSPS) is 15.1. The van der Waals surface area contributed by atoms with Gasteiger partial charge in [0, 0.05) is 57.9 Å². The monoisotopic (exact) mass is 492 g/mol. The van der Waals surface area contributed by atoms with Crippen molar-refractivity contribution in [3.8, 4) is 0 Å². The minimum Gasteiger partial charge on any atom is -0.326 e. The van der Waals surface area contributed by atoms with E-state index in [0.717, 1.165) is 39.3 Å². The lowest BCUT2D eigenvalue weighted by atomic mass is 10.1. The van der Waals surface area contributed by atoms with E-state index in [1.54, 1.807) is 18.2 Å². The number of amides is 1. The van der Waals surface area contributed by atoms with Crippen LogP contribution in [-0.4, -0.2) is 56.8 Å². The van der Waals surface area contributed by atoms with Crippen molar-refractivity contribution < 1.29 is 13.2 Å². The van der Waals surface area contributed by atoms with E-state index < -0.39 is 10.0 Å². The highest BCUT2D eigenvalue weighted by molar-refractivity contribution is 7.89. The number of anilines is 1. The maximum atomic E-state index is 12.2. The predicted molar refractivity (Wildman–Crippen MR) is 138 cm³/mol. The first-order chi connectivity index (χ1) is 17.0. The van der Waals surface area contributed by atoms with Crippen molar-refractivity contribution in [3.05, 3.63) is 96.1 Å². The quantitative estimate of drug-likeness (QED) is 0.454. The first-order valence-electron chi connectivity index (χ1n) is 11.9. The van der Waals surface area contributed by atoms with Crippen LogP contribution in [0.2, 0.25) is 0 Å². The van der Waals surface area contributed by atoms with E-state index >= 15 is 0 Å². The van der Waals surface area contributed by atoms with Gasteiger partial charge < -0.3 is 5.32 Å². The van der Waals surface area contributed by atoms with Crippen LogP contribution in [0.3, 0.4) is 0 Å². The second-order valence-corrected chi connectivity index (χ2v) is 10.5. The van der Waals surface area contributed by atoms with Gasteiger partial charge in [0.05, 0.1) is 4.90 Å². The molecular weight excluding hydrogens is 460 g/mol. The van der Waals surface area contributed by atoms with E-state index in [-0.39, 0.29) is 23.8 Å². The zero-order valence-corrected chi connectivity index (χ0v) is 20.6. The van der Waals surface area contributed by atoms with Gasteiger partial charge in [0.15, 0.2) is 0 Å². The van der Waals surface area contributed by atoms with E-state index in [1.807, 2.05) is 24.3 Å². The molecule has 7 nitrogen and oxygen atoms in total. The number of hydrogen-bond acceptors (Lipinski definition) is 5. The number of carbonyl (C=O) groups is 1. The summed E-state index contributed by atoms with van der Waals surface area (Å²) in [6.07, 6.45) is 0.0566. The van der Waals surface area contributed by atoms with Gasteiger partial charge in [-0.1, -0.05) is 60.7 Å². The Morgan fingerprint density at radius 1 is 0.714 bits per heavy atom. The lowest BCUT2D eigenvalue weighted by Gasteiger charge is -2.34. The van der Waals surface area contributed by atoms with Gasteiger partial charge in [0.25, 0.3) is 0 Å². The van der Waals surface area contributed by atoms with Crippen molar-refractivity contribution in [2.45, 2.75) is 24.4 Å². The minimum atomic E-state index is -3.61. The van der Waals surface area contributed by atoms with Crippen LogP contribution in [0.4, 0.5) is 5.69 Å². The van der Waals surface area contributed by atoms with Crippen molar-refractivity contribution >= 4 is 21.6 Å². The summed E-state index contributed by atoms with van der Waals surface area (Å²) in [5.74, 6) is -0.233. The van der Waals surface area contributed by atoms with Crippen molar-refractivity contribution in [3.63, 3.8) is 0 Å². The second-order valence-electron chi connectivity index (χ2n) is 8.74. The van der Waals surface area contributed by atoms with E-state index in [0.29, 0.717) is 5.69 Å². The van der Waals surface area contributed by atoms with E-state index in [1.165, 1.54) is 23.3 Å². The van der Waals surface area contributed by atoms with E-state index in [9.17, 15) is 13.2 Å². The molecule has 0 spiro atoms. The van der Waals surface area contributed by atoms with Gasteiger partial charge in [-0.3, -0.25) is 14.6 Å². The van der Waals surface area contributed by atoms with Gasteiger partial charge >= 0.3 is 0 Å². The number of carbonyl (C=O) groups excluding carboxylic acids is 1. The Hall–Kier alpha value is -3.04. The molecule has 3 aromatic carbocycles. The van der Waals surface area contributed by atoms with Gasteiger partial charge in [-0.15, -0.1) is 0 Å². The number of nitrogens with zero attached hydrogens (tertiary/aromatic N) is 2. The van der Waals surface area contributed by atoms with Crippen LogP contribution in [0, 0.1) is 0 Å². The zero-order chi connectivity index (χ0) is 24.5. The molecule has 2 N–H and O–H groups in total. The number of benzene rings is 3. The average Bonchev–Trinajstić information content (AvgIpc) is 2.87. The molecule has 35 heavy (non-hydrogen) atoms. The van der Waals surface area contributed by atoms with Crippen LogP contribution >= 0.6 is 0 Å². The summed E-state index contributed by atoms with van der Waals surface area (Å²) in [5, 5.41) is 2.83. The van der Waals surface area contributed by atoms with Gasteiger partial charge in [-0.05, 0) is 35.4 Å². The van der Waals surface area contributed by atoms with Gasteiger partial charge in [0.2, 0.25) is 15.9 Å². The highest BCUT2D eigenvalue weighted by Crippen LogP contribution is 2.15. The molecule has 1 aliphatic rings. The highest BCUT2D eigenvalue weighted by Gasteiger charge is 2.17. The molecular formula is C27H32N4O3S. The Kier molecular flexibility index (Phi) is 8.65. The van der Waals surface area contributed by atoms with Gasteiger partial charge in [0.1, 0.15) is 0 Å². The molecule has 184 valence electrons. The van der Waals surface area contributed by atoms with Gasteiger partial charge in [-0.2, -0.15) is 0 Å². The smallest absolute Gasteiger partial charge is 0.240 e. The Labute approximate surface area is 207 Å². The van der Waals surface area contributed by atoms with Crippen LogP contribution in [0.1, 0.15) is 17.5 Å². The third kappa shape index (κ3) is 7.73. The topological polar surface area (TPSA) is 81.7 Å². The molecule has 0 unspecified atom stereocenters. The Morgan fingerprint density at radius 3 is 1.80 bits per heavy atom. The summed E-state index contributed by atoms with van der Waals surface area (Å²) in [7, 11) is -3.61. The molecule has 1 fully saturated rings. The Bertz CT molecular complexity index is 1180. The molecule has 0 bridgehead atoms. The van der Waals surface area contributed by atoms with Crippen LogP contribution in [-0.2, 0) is 27.9 Å². The number of rotatable bonds is 10. The van der Waals surface area contributed by atoms with Crippen molar-refractivity contribution in [1.82, 2.24) is 14.5 Å². The maximum Gasteiger partial charge on any atom is 0.240 e. The maximum absolute atomic E-state index is 12.2. The summed E-state index contributed by atoms with van der Waals surface area (Å²) in [4.78, 5) is 17.4. The summed E-state index contributed by atoms with van der Waals surface area (Å²) < 4.78 is 26.9. The first kappa shape index (κ1) is 25.1. The van der Waals surface area contributed by atoms with E-state index in [4.69, 9.17) is 0 Å². The fourth-order valence-corrected chi connectivity index (χ4v) is 5.16. The van der Waals surface area contributed by atoms with Crippen LogP contribution < -0.4 is 10.0 Å². The molecule has 0 saturated carbocycles. The number of hydrogen-bond donors (Lipinski definition) is 2. The summed E-state index contributed by atoms with van der Waals surface area (Å²) in [5.41, 5.74) is 3.26. The van der Waals surface area contributed by atoms with Crippen molar-refractivity contribution in [2.75, 3.05) is 38.0 Å². The lowest BCUT2D eigenvalue weighted by Crippen LogP contribution is -2.45. The zero-order valence-electron chi connectivity index (χ0n) is 19.8. The SMILES string of the molecule is O=C(CCNS(=O)(=O)c1ccccc1)Nc1ccc(CN2CCN(Cc3ccccc3)CC2)cc1. The molecule has 0 radical (unpaired) electrons. The molecule has 3 aromatic rings. The fourth-order valence-electron chi connectivity index (χ4n) is 4.10. The standard InChI is InChI=1S/C27H32N4O3S/c32-27(15-16-28-35(33,34)26-9-5-2-6-10-26)29-25-13-11-24(12-14-25)22-31-19-17-30(18-20-31)21-23-7-3-1-4-8-23/h1-14,28H,15-22H2,(H,29,32). The second kappa shape index (κ2) is 12.1. The molecule has 0 aliphatic carbocycles. The van der Waals surface area contributed by atoms with Crippen molar-refractivity contribution in [2.24, 2.45) is 0 Å². The fraction of sp³-hybridized carbons (Fsp3) is 0.296. The molecule has 1 aliphatic heterocycles. The van der Waals surface area contributed by atoms with Crippen molar-refractivity contribution in [1.29, 1.82) is 0 Å². The summed E-state index contributed by atoms with van der Waals surface area (Å²) >= 11 is 0. The lowest BCUT2D eigenvalue weighted by molar-refractivity contribution is -0.116. The third-order valence-corrected chi connectivity index (χ3v) is 7.53. The average molecular weight is 493 g/mol. The Morgan fingerprint density at radius 2 is 1.23 bits per heavy atom. The molecule has 1 heterocycles. The van der Waals surface area contributed by atoms with Gasteiger partial charge in [-0.25, -0.2) is 13.1 Å². The predicted octanol–water partition coefficient (Wildman–Crippen LogP) is 3.31. The largest absolute Gasteiger partial charge is 0.326 e. The molecule has 4 rings (SSSR count). The summed E-state index contributed by atoms with van der Waals surface area (Å²) in [6.45, 7) is 6.09. The number of sulfonamides is 1. The summed E-state index contributed by atoms with van der Waals surface area (Å²) in [6, 6.07) is 26.6. The molecule has 0 aromatic heterocycles.